The summed E-state index contributed by atoms with van der Waals surface area (Å²) in [6, 6.07) is 6.81. The zero-order chi connectivity index (χ0) is 16.1. The minimum atomic E-state index is -1.01. The first-order valence-electron chi connectivity index (χ1n) is 7.02. The average molecular weight is 298 g/mol. The molecule has 3 rings (SSSR count). The predicted octanol–water partition coefficient (Wildman–Crippen LogP) is 2.47. The Morgan fingerprint density at radius 2 is 1.91 bits per heavy atom. The molecule has 5 nitrogen and oxygen atoms in total. The zero-order valence-electron chi connectivity index (χ0n) is 12.7. The first-order chi connectivity index (χ1) is 10.3. The van der Waals surface area contributed by atoms with E-state index in [0.29, 0.717) is 16.6 Å². The Bertz CT molecular complexity index is 914. The molecule has 0 atom stereocenters. The number of benzene rings is 1. The van der Waals surface area contributed by atoms with Crippen LogP contribution in [0.3, 0.4) is 0 Å². The van der Waals surface area contributed by atoms with Crippen molar-refractivity contribution in [3.63, 3.8) is 0 Å². The Labute approximate surface area is 127 Å². The molecule has 0 saturated heterocycles. The Morgan fingerprint density at radius 3 is 2.59 bits per heavy atom. The van der Waals surface area contributed by atoms with E-state index in [4.69, 9.17) is 0 Å². The molecule has 0 spiro atoms. The van der Waals surface area contributed by atoms with Gasteiger partial charge in [0.25, 0.3) is 5.56 Å². The maximum absolute atomic E-state index is 12.1. The summed E-state index contributed by atoms with van der Waals surface area (Å²) >= 11 is 0. The van der Waals surface area contributed by atoms with Crippen molar-refractivity contribution in [2.75, 3.05) is 0 Å². The summed E-state index contributed by atoms with van der Waals surface area (Å²) in [5, 5.41) is 21.2. The first-order valence-corrected chi connectivity index (χ1v) is 7.02. The van der Waals surface area contributed by atoms with Crippen molar-refractivity contribution in [2.45, 2.75) is 19.4 Å². The van der Waals surface area contributed by atoms with Gasteiger partial charge in [0, 0.05) is 36.0 Å². The minimum absolute atomic E-state index is 0.106. The highest BCUT2D eigenvalue weighted by Crippen LogP contribution is 2.36. The van der Waals surface area contributed by atoms with Crippen LogP contribution in [0.25, 0.3) is 22.0 Å². The van der Waals surface area contributed by atoms with Crippen molar-refractivity contribution in [3.05, 3.63) is 52.6 Å². The molecular formula is C17H18N2O3. The van der Waals surface area contributed by atoms with E-state index in [2.05, 4.69) is 4.98 Å². The average Bonchev–Trinajstić information content (AvgIpc) is 2.92. The third kappa shape index (κ3) is 2.19. The maximum atomic E-state index is 12.1. The van der Waals surface area contributed by atoms with Crippen LogP contribution >= 0.6 is 0 Å². The fourth-order valence-corrected chi connectivity index (χ4v) is 2.62. The van der Waals surface area contributed by atoms with E-state index in [1.807, 2.05) is 6.07 Å². The highest BCUT2D eigenvalue weighted by atomic mass is 16.3. The van der Waals surface area contributed by atoms with Crippen molar-refractivity contribution in [1.29, 1.82) is 0 Å². The number of hydrogen-bond donors (Lipinski definition) is 3. The third-order valence-electron chi connectivity index (χ3n) is 3.89. The van der Waals surface area contributed by atoms with Gasteiger partial charge in [-0.15, -0.1) is 0 Å². The summed E-state index contributed by atoms with van der Waals surface area (Å²) in [5.41, 5.74) is 1.37. The smallest absolute Gasteiger partial charge is 0.274 e. The lowest BCUT2D eigenvalue weighted by Crippen LogP contribution is -2.17. The largest absolute Gasteiger partial charge is 0.507 e. The van der Waals surface area contributed by atoms with E-state index in [-0.39, 0.29) is 11.3 Å². The molecule has 1 aromatic carbocycles. The number of pyridine rings is 1. The molecule has 0 aliphatic carbocycles. The monoisotopic (exact) mass is 298 g/mol. The summed E-state index contributed by atoms with van der Waals surface area (Å²) in [6.07, 6.45) is 3.40. The van der Waals surface area contributed by atoms with Gasteiger partial charge < -0.3 is 19.8 Å². The number of aryl methyl sites for hydroxylation is 1. The highest BCUT2D eigenvalue weighted by Gasteiger charge is 2.19. The van der Waals surface area contributed by atoms with Crippen molar-refractivity contribution in [1.82, 2.24) is 9.55 Å². The molecule has 0 aliphatic heterocycles. The third-order valence-corrected chi connectivity index (χ3v) is 3.89. The Morgan fingerprint density at radius 1 is 1.18 bits per heavy atom. The minimum Gasteiger partial charge on any atom is -0.507 e. The van der Waals surface area contributed by atoms with Crippen LogP contribution < -0.4 is 5.56 Å². The second kappa shape index (κ2) is 4.74. The van der Waals surface area contributed by atoms with Crippen LogP contribution in [0.4, 0.5) is 0 Å². The number of aromatic amines is 1. The van der Waals surface area contributed by atoms with Crippen LogP contribution in [-0.2, 0) is 12.6 Å². The molecule has 0 unspecified atom stereocenters. The Balaban J connectivity index is 2.35. The molecule has 3 aromatic rings. The number of aliphatic hydroxyl groups is 1. The van der Waals surface area contributed by atoms with Gasteiger partial charge in [0.2, 0.25) is 0 Å². The molecule has 114 valence electrons. The predicted molar refractivity (Wildman–Crippen MR) is 85.9 cm³/mol. The van der Waals surface area contributed by atoms with Crippen LogP contribution in [0.5, 0.6) is 5.75 Å². The Kier molecular flexibility index (Phi) is 3.11. The van der Waals surface area contributed by atoms with Gasteiger partial charge in [0.15, 0.2) is 0 Å². The molecule has 2 aromatic heterocycles. The van der Waals surface area contributed by atoms with E-state index < -0.39 is 5.60 Å². The molecule has 3 N–H and O–H groups in total. The molecule has 0 fully saturated rings. The number of nitrogens with zero attached hydrogens (tertiary/aromatic N) is 1. The molecule has 2 heterocycles. The molecule has 5 heteroatoms. The van der Waals surface area contributed by atoms with Gasteiger partial charge in [0.1, 0.15) is 11.3 Å². The molecular weight excluding hydrogens is 280 g/mol. The molecule has 22 heavy (non-hydrogen) atoms. The standard InChI is InChI=1S/C17H18N2O3/c1-17(2,22)10-4-5-14(20)12(8-10)13-9-19(3)16(21)15-11(13)6-7-18-15/h4-9,18,20,22H,1-3H3. The topological polar surface area (TPSA) is 78.2 Å². The van der Waals surface area contributed by atoms with Gasteiger partial charge in [-0.1, -0.05) is 6.07 Å². The van der Waals surface area contributed by atoms with E-state index in [0.717, 1.165) is 10.9 Å². The zero-order valence-corrected chi connectivity index (χ0v) is 12.7. The van der Waals surface area contributed by atoms with Crippen LogP contribution in [0.2, 0.25) is 0 Å². The number of H-pyrrole nitrogens is 1. The number of aromatic nitrogens is 2. The maximum Gasteiger partial charge on any atom is 0.274 e. The van der Waals surface area contributed by atoms with Crippen LogP contribution in [0, 0.1) is 0 Å². The number of phenols is 1. The summed E-state index contributed by atoms with van der Waals surface area (Å²) in [4.78, 5) is 15.1. The number of fused-ring (bicyclic) bond motifs is 1. The van der Waals surface area contributed by atoms with Crippen molar-refractivity contribution in [3.8, 4) is 16.9 Å². The summed E-state index contributed by atoms with van der Waals surface area (Å²) < 4.78 is 1.48. The number of phenolic OH excluding ortho intramolecular Hbond substituents is 1. The normalized spacial score (nSPS) is 12.0. The molecule has 0 amide bonds. The van der Waals surface area contributed by atoms with Crippen molar-refractivity contribution < 1.29 is 10.2 Å². The van der Waals surface area contributed by atoms with E-state index in [1.54, 1.807) is 51.5 Å². The van der Waals surface area contributed by atoms with Gasteiger partial charge >= 0.3 is 0 Å². The van der Waals surface area contributed by atoms with Gasteiger partial charge in [-0.05, 0) is 37.6 Å². The van der Waals surface area contributed by atoms with Crippen LogP contribution in [-0.4, -0.2) is 19.8 Å². The van der Waals surface area contributed by atoms with E-state index in [9.17, 15) is 15.0 Å². The van der Waals surface area contributed by atoms with Crippen LogP contribution in [0.1, 0.15) is 19.4 Å². The van der Waals surface area contributed by atoms with Gasteiger partial charge in [-0.2, -0.15) is 0 Å². The lowest BCUT2D eigenvalue weighted by Gasteiger charge is -2.19. The van der Waals surface area contributed by atoms with Crippen molar-refractivity contribution in [2.24, 2.45) is 7.05 Å². The number of nitrogens with one attached hydrogen (secondary N) is 1. The number of aromatic hydroxyl groups is 1. The second-order valence-corrected chi connectivity index (χ2v) is 6.02. The highest BCUT2D eigenvalue weighted by molar-refractivity contribution is 5.95. The molecule has 0 radical (unpaired) electrons. The SMILES string of the molecule is Cn1cc(-c2cc(C(C)(C)O)ccc2O)c2cc[nH]c2c1=O. The van der Waals surface area contributed by atoms with Crippen molar-refractivity contribution >= 4 is 10.9 Å². The first kappa shape index (κ1) is 14.4. The fourth-order valence-electron chi connectivity index (χ4n) is 2.62. The fraction of sp³-hybridized carbons (Fsp3) is 0.235. The van der Waals surface area contributed by atoms with E-state index in [1.165, 1.54) is 4.57 Å². The molecule has 0 aliphatic rings. The van der Waals surface area contributed by atoms with Crippen LogP contribution in [0.15, 0.2) is 41.5 Å². The van der Waals surface area contributed by atoms with E-state index >= 15 is 0 Å². The van der Waals surface area contributed by atoms with Gasteiger partial charge in [0.05, 0.1) is 5.60 Å². The second-order valence-electron chi connectivity index (χ2n) is 6.02. The molecule has 0 saturated carbocycles. The Hall–Kier alpha value is -2.53. The summed E-state index contributed by atoms with van der Waals surface area (Å²) in [6.45, 7) is 3.38. The quantitative estimate of drug-likeness (QED) is 0.680. The summed E-state index contributed by atoms with van der Waals surface area (Å²) in [5.74, 6) is 0.106. The van der Waals surface area contributed by atoms with Gasteiger partial charge in [-0.25, -0.2) is 0 Å². The van der Waals surface area contributed by atoms with Gasteiger partial charge in [-0.3, -0.25) is 4.79 Å². The lowest BCUT2D eigenvalue weighted by atomic mass is 9.93. The number of rotatable bonds is 2. The summed E-state index contributed by atoms with van der Waals surface area (Å²) in [7, 11) is 1.67. The lowest BCUT2D eigenvalue weighted by molar-refractivity contribution is 0.0786. The number of hydrogen-bond acceptors (Lipinski definition) is 3. The molecule has 0 bridgehead atoms.